The molecule has 1 spiro atoms. The van der Waals surface area contributed by atoms with E-state index < -0.39 is 18.0 Å². The van der Waals surface area contributed by atoms with Crippen LogP contribution in [0.2, 0.25) is 0 Å². The van der Waals surface area contributed by atoms with Gasteiger partial charge in [0.2, 0.25) is 0 Å². The Balaban J connectivity index is 1.42. The van der Waals surface area contributed by atoms with Crippen LogP contribution in [0.4, 0.5) is 0 Å². The molecule has 0 aromatic heterocycles. The van der Waals surface area contributed by atoms with Crippen molar-refractivity contribution in [3.63, 3.8) is 0 Å². The molecule has 0 saturated carbocycles. The minimum absolute atomic E-state index is 0.0689. The lowest BCUT2D eigenvalue weighted by Gasteiger charge is -2.50. The second kappa shape index (κ2) is 10.7. The van der Waals surface area contributed by atoms with Crippen LogP contribution in [0.15, 0.2) is 60.7 Å². The number of hydrogen-bond acceptors (Lipinski definition) is 5. The van der Waals surface area contributed by atoms with Crippen molar-refractivity contribution in [2.45, 2.75) is 57.4 Å². The Kier molecular flexibility index (Phi) is 7.75. The number of rotatable bonds is 8. The summed E-state index contributed by atoms with van der Waals surface area (Å²) in [6, 6.07) is 20.1. The maximum Gasteiger partial charge on any atom is 0.197 e. The van der Waals surface area contributed by atoms with Crippen LogP contribution in [0.3, 0.4) is 0 Å². The molecule has 0 amide bonds. The van der Waals surface area contributed by atoms with Crippen LogP contribution >= 0.6 is 0 Å². The van der Waals surface area contributed by atoms with Crippen molar-refractivity contribution >= 4 is 0 Å². The topological polar surface area (TPSA) is 57.2 Å². The first-order chi connectivity index (χ1) is 15.2. The van der Waals surface area contributed by atoms with Gasteiger partial charge in [0, 0.05) is 12.3 Å². The van der Waals surface area contributed by atoms with Gasteiger partial charge in [0.05, 0.1) is 39.1 Å². The van der Waals surface area contributed by atoms with Gasteiger partial charge in [-0.2, -0.15) is 0 Å². The summed E-state index contributed by atoms with van der Waals surface area (Å²) in [5, 5.41) is 11.3. The van der Waals surface area contributed by atoms with E-state index in [2.05, 4.69) is 6.92 Å². The lowest BCUT2D eigenvalue weighted by molar-refractivity contribution is -0.356. The third kappa shape index (κ3) is 5.54. The molecule has 2 aliphatic rings. The monoisotopic (exact) mass is 426 g/mol. The van der Waals surface area contributed by atoms with Crippen LogP contribution in [0, 0.1) is 11.8 Å². The van der Waals surface area contributed by atoms with Crippen molar-refractivity contribution < 1.29 is 24.1 Å². The predicted molar refractivity (Wildman–Crippen MR) is 118 cm³/mol. The highest BCUT2D eigenvalue weighted by Crippen LogP contribution is 2.40. The van der Waals surface area contributed by atoms with Gasteiger partial charge in [-0.1, -0.05) is 74.0 Å². The standard InChI is InChI=1S/C26H34O5/c1-2-20-13-14-26(30-17-20)25(27)24(29-16-22-11-7-4-8-12-22)23(19-31-26)18-28-15-21-9-5-3-6-10-21/h3-12,20,23-25,27H,2,13-19H2,1H3/t20-,23-,24-,25-,26-/m1/s1. The molecule has 2 aromatic rings. The minimum atomic E-state index is -0.969. The highest BCUT2D eigenvalue weighted by atomic mass is 16.7. The van der Waals surface area contributed by atoms with Crippen LogP contribution in [-0.2, 0) is 32.2 Å². The Morgan fingerprint density at radius 2 is 1.58 bits per heavy atom. The zero-order valence-corrected chi connectivity index (χ0v) is 18.3. The second-order valence-electron chi connectivity index (χ2n) is 8.71. The Morgan fingerprint density at radius 3 is 2.19 bits per heavy atom. The van der Waals surface area contributed by atoms with Gasteiger partial charge in [-0.25, -0.2) is 0 Å². The lowest BCUT2D eigenvalue weighted by atomic mass is 9.84. The smallest absolute Gasteiger partial charge is 0.197 e. The fourth-order valence-electron chi connectivity index (χ4n) is 4.46. The molecule has 0 aliphatic carbocycles. The number of aliphatic hydroxyl groups is 1. The first-order valence-electron chi connectivity index (χ1n) is 11.4. The highest BCUT2D eigenvalue weighted by Gasteiger charge is 2.53. The molecule has 5 atom stereocenters. The molecule has 0 bridgehead atoms. The van der Waals surface area contributed by atoms with Crippen LogP contribution in [-0.4, -0.2) is 42.9 Å². The van der Waals surface area contributed by atoms with Gasteiger partial charge in [0.15, 0.2) is 5.79 Å². The van der Waals surface area contributed by atoms with Crippen LogP contribution < -0.4 is 0 Å². The molecule has 168 valence electrons. The van der Waals surface area contributed by atoms with E-state index in [9.17, 15) is 5.11 Å². The molecule has 2 heterocycles. The maximum absolute atomic E-state index is 11.3. The molecule has 5 nitrogen and oxygen atoms in total. The van der Waals surface area contributed by atoms with Crippen molar-refractivity contribution in [2.75, 3.05) is 19.8 Å². The van der Waals surface area contributed by atoms with E-state index in [1.54, 1.807) is 0 Å². The second-order valence-corrected chi connectivity index (χ2v) is 8.71. The van der Waals surface area contributed by atoms with E-state index in [1.165, 1.54) is 0 Å². The largest absolute Gasteiger partial charge is 0.385 e. The fourth-order valence-corrected chi connectivity index (χ4v) is 4.46. The van der Waals surface area contributed by atoms with Crippen molar-refractivity contribution in [2.24, 2.45) is 11.8 Å². The first kappa shape index (κ1) is 22.4. The lowest BCUT2D eigenvalue weighted by Crippen LogP contribution is -2.63. The molecule has 2 aromatic carbocycles. The average Bonchev–Trinajstić information content (AvgIpc) is 2.83. The van der Waals surface area contributed by atoms with E-state index in [0.29, 0.717) is 45.4 Å². The summed E-state index contributed by atoms with van der Waals surface area (Å²) >= 11 is 0. The third-order valence-corrected chi connectivity index (χ3v) is 6.54. The van der Waals surface area contributed by atoms with Crippen LogP contribution in [0.25, 0.3) is 0 Å². The molecule has 2 fully saturated rings. The minimum Gasteiger partial charge on any atom is -0.385 e. The summed E-state index contributed by atoms with van der Waals surface area (Å²) in [6.07, 6.45) is 1.50. The van der Waals surface area contributed by atoms with Crippen LogP contribution in [0.1, 0.15) is 37.3 Å². The zero-order chi connectivity index (χ0) is 21.5. The number of ether oxygens (including phenoxy) is 4. The normalized spacial score (nSPS) is 31.0. The summed E-state index contributed by atoms with van der Waals surface area (Å²) in [5.41, 5.74) is 2.20. The summed E-state index contributed by atoms with van der Waals surface area (Å²) in [4.78, 5) is 0. The molecule has 1 N–H and O–H groups in total. The molecule has 0 unspecified atom stereocenters. The summed E-state index contributed by atoms with van der Waals surface area (Å²) in [7, 11) is 0. The fraction of sp³-hybridized carbons (Fsp3) is 0.538. The molecule has 2 saturated heterocycles. The quantitative estimate of drug-likeness (QED) is 0.681. The van der Waals surface area contributed by atoms with Gasteiger partial charge in [-0.05, 0) is 23.5 Å². The number of aliphatic hydroxyl groups excluding tert-OH is 1. The molecule has 2 aliphatic heterocycles. The summed E-state index contributed by atoms with van der Waals surface area (Å²) < 4.78 is 24.6. The predicted octanol–water partition coefficient (Wildman–Crippen LogP) is 4.33. The van der Waals surface area contributed by atoms with E-state index in [1.807, 2.05) is 60.7 Å². The number of benzene rings is 2. The van der Waals surface area contributed by atoms with Crippen molar-refractivity contribution in [3.05, 3.63) is 71.8 Å². The Morgan fingerprint density at radius 1 is 0.935 bits per heavy atom. The van der Waals surface area contributed by atoms with Gasteiger partial charge in [-0.3, -0.25) is 0 Å². The van der Waals surface area contributed by atoms with Crippen molar-refractivity contribution in [1.29, 1.82) is 0 Å². The Bertz CT molecular complexity index is 773. The SMILES string of the molecule is CC[C@@H]1CC[C@@]2(OC1)OC[C@@H](COCc1ccccc1)[C@@H](OCc1ccccc1)[C@H]2O. The third-order valence-electron chi connectivity index (χ3n) is 6.54. The summed E-state index contributed by atoms with van der Waals surface area (Å²) in [5.74, 6) is -0.513. The zero-order valence-electron chi connectivity index (χ0n) is 18.3. The Hall–Kier alpha value is -1.76. The van der Waals surface area contributed by atoms with E-state index in [0.717, 1.165) is 24.0 Å². The van der Waals surface area contributed by atoms with Crippen molar-refractivity contribution in [1.82, 2.24) is 0 Å². The first-order valence-corrected chi connectivity index (χ1v) is 11.4. The van der Waals surface area contributed by atoms with Crippen LogP contribution in [0.5, 0.6) is 0 Å². The highest BCUT2D eigenvalue weighted by molar-refractivity contribution is 5.14. The molecular weight excluding hydrogens is 392 g/mol. The molecule has 5 heteroatoms. The Labute approximate surface area is 185 Å². The molecule has 31 heavy (non-hydrogen) atoms. The molecule has 0 radical (unpaired) electrons. The summed E-state index contributed by atoms with van der Waals surface area (Å²) in [6.45, 7) is 4.66. The van der Waals surface area contributed by atoms with Gasteiger partial charge < -0.3 is 24.1 Å². The molecular formula is C26H34O5. The number of hydrogen-bond donors (Lipinski definition) is 1. The van der Waals surface area contributed by atoms with E-state index in [-0.39, 0.29) is 5.92 Å². The maximum atomic E-state index is 11.3. The van der Waals surface area contributed by atoms with Gasteiger partial charge >= 0.3 is 0 Å². The van der Waals surface area contributed by atoms with E-state index in [4.69, 9.17) is 18.9 Å². The van der Waals surface area contributed by atoms with E-state index >= 15 is 0 Å². The van der Waals surface area contributed by atoms with Gasteiger partial charge in [-0.15, -0.1) is 0 Å². The van der Waals surface area contributed by atoms with Gasteiger partial charge in [0.25, 0.3) is 0 Å². The van der Waals surface area contributed by atoms with Crippen molar-refractivity contribution in [3.8, 4) is 0 Å². The average molecular weight is 427 g/mol. The molecule has 4 rings (SSSR count). The van der Waals surface area contributed by atoms with Gasteiger partial charge in [0.1, 0.15) is 6.10 Å².